The van der Waals surface area contributed by atoms with Crippen LogP contribution in [0.25, 0.3) is 0 Å². The molecule has 0 aliphatic rings. The molecule has 17 heavy (non-hydrogen) atoms. The molecular formula is C10H8ClF4NO. The van der Waals surface area contributed by atoms with Gasteiger partial charge in [0.2, 0.25) is 5.91 Å². The Kier molecular flexibility index (Phi) is 4.74. The molecule has 1 rings (SSSR count). The number of alkyl halides is 3. The van der Waals surface area contributed by atoms with Crippen molar-refractivity contribution in [2.45, 2.75) is 12.5 Å². The summed E-state index contributed by atoms with van der Waals surface area (Å²) in [5, 5.41) is 1.82. The van der Waals surface area contributed by atoms with Gasteiger partial charge in [-0.1, -0.05) is 0 Å². The molecule has 1 aromatic carbocycles. The van der Waals surface area contributed by atoms with Gasteiger partial charge in [0.15, 0.2) is 0 Å². The second kappa shape index (κ2) is 5.86. The van der Waals surface area contributed by atoms with E-state index in [0.717, 1.165) is 6.07 Å². The van der Waals surface area contributed by atoms with Crippen LogP contribution in [0.1, 0.15) is 11.6 Å². The fraction of sp³-hybridized carbons (Fsp3) is 0.300. The van der Waals surface area contributed by atoms with Gasteiger partial charge in [-0.05, 0) is 18.2 Å². The summed E-state index contributed by atoms with van der Waals surface area (Å²) in [5.74, 6) is -3.32. The number of benzene rings is 1. The van der Waals surface area contributed by atoms with Crippen LogP contribution in [0.2, 0.25) is 0 Å². The van der Waals surface area contributed by atoms with Crippen LogP contribution in [0, 0.1) is 11.6 Å². The Hall–Kier alpha value is -1.30. The third-order valence-corrected chi connectivity index (χ3v) is 2.23. The van der Waals surface area contributed by atoms with Gasteiger partial charge in [-0.25, -0.2) is 17.6 Å². The fourth-order valence-corrected chi connectivity index (χ4v) is 1.32. The van der Waals surface area contributed by atoms with Crippen molar-refractivity contribution in [3.63, 3.8) is 0 Å². The summed E-state index contributed by atoms with van der Waals surface area (Å²) in [6.45, 7) is 0. The molecular weight excluding hydrogens is 262 g/mol. The average molecular weight is 270 g/mol. The Morgan fingerprint density at radius 3 is 2.53 bits per heavy atom. The van der Waals surface area contributed by atoms with Crippen LogP contribution >= 0.6 is 11.6 Å². The van der Waals surface area contributed by atoms with E-state index in [4.69, 9.17) is 11.6 Å². The van der Waals surface area contributed by atoms with E-state index in [1.54, 1.807) is 0 Å². The molecule has 0 bridgehead atoms. The Bertz CT molecular complexity index is 413. The summed E-state index contributed by atoms with van der Waals surface area (Å²) in [4.78, 5) is 10.9. The molecule has 0 saturated carbocycles. The van der Waals surface area contributed by atoms with E-state index < -0.39 is 41.5 Å². The van der Waals surface area contributed by atoms with Gasteiger partial charge in [-0.15, -0.1) is 11.6 Å². The molecule has 94 valence electrons. The topological polar surface area (TPSA) is 29.1 Å². The van der Waals surface area contributed by atoms with Crippen LogP contribution < -0.4 is 5.32 Å². The van der Waals surface area contributed by atoms with Crippen molar-refractivity contribution in [3.05, 3.63) is 35.4 Å². The van der Waals surface area contributed by atoms with Gasteiger partial charge in [0.1, 0.15) is 23.6 Å². The lowest BCUT2D eigenvalue weighted by Gasteiger charge is -2.18. The lowest BCUT2D eigenvalue weighted by atomic mass is 10.1. The summed E-state index contributed by atoms with van der Waals surface area (Å²) in [5.41, 5.74) is -0.613. The number of rotatable bonds is 4. The van der Waals surface area contributed by atoms with E-state index in [-0.39, 0.29) is 0 Å². The molecule has 0 aliphatic heterocycles. The lowest BCUT2D eigenvalue weighted by molar-refractivity contribution is -0.120. The number of nitrogens with one attached hydrogen (secondary N) is 1. The van der Waals surface area contributed by atoms with Crippen LogP contribution in [0.3, 0.4) is 0 Å². The molecule has 1 N–H and O–H groups in total. The molecule has 7 heteroatoms. The lowest BCUT2D eigenvalue weighted by Crippen LogP contribution is -2.34. The molecule has 0 spiro atoms. The van der Waals surface area contributed by atoms with E-state index in [0.29, 0.717) is 12.1 Å². The zero-order valence-electron chi connectivity index (χ0n) is 8.39. The number of carbonyl (C=O) groups excluding carboxylic acids is 1. The highest BCUT2D eigenvalue weighted by Crippen LogP contribution is 2.24. The van der Waals surface area contributed by atoms with Crippen LogP contribution in [0.15, 0.2) is 18.2 Å². The first-order valence-corrected chi connectivity index (χ1v) is 5.07. The average Bonchev–Trinajstić information content (AvgIpc) is 2.28. The molecule has 0 aromatic heterocycles. The van der Waals surface area contributed by atoms with Crippen molar-refractivity contribution in [3.8, 4) is 0 Å². The highest BCUT2D eigenvalue weighted by atomic mass is 35.5. The number of halogens is 5. The first kappa shape index (κ1) is 13.8. The van der Waals surface area contributed by atoms with Crippen molar-refractivity contribution in [2.75, 3.05) is 5.88 Å². The second-order valence-corrected chi connectivity index (χ2v) is 3.45. The predicted molar refractivity (Wildman–Crippen MR) is 54.0 cm³/mol. The molecule has 1 aromatic rings. The first-order chi connectivity index (χ1) is 7.95. The van der Waals surface area contributed by atoms with Gasteiger partial charge in [0.25, 0.3) is 6.43 Å². The summed E-state index contributed by atoms with van der Waals surface area (Å²) in [6.07, 6.45) is -3.07. The SMILES string of the molecule is O=C(CCl)NC(c1cc(F)ccc1F)C(F)F. The van der Waals surface area contributed by atoms with Crippen molar-refractivity contribution in [1.29, 1.82) is 0 Å². The predicted octanol–water partition coefficient (Wildman–Crippen LogP) is 2.63. The van der Waals surface area contributed by atoms with Gasteiger partial charge in [0.05, 0.1) is 0 Å². The van der Waals surface area contributed by atoms with Crippen molar-refractivity contribution >= 4 is 17.5 Å². The Morgan fingerprint density at radius 1 is 1.35 bits per heavy atom. The maximum absolute atomic E-state index is 13.3. The Balaban J connectivity index is 3.05. The Labute approximate surface area is 99.6 Å². The standard InChI is InChI=1S/C10H8ClF4NO/c11-4-8(17)16-9(10(14)15)6-3-5(12)1-2-7(6)13/h1-3,9-10H,4H2,(H,16,17). The normalized spacial score (nSPS) is 12.6. The largest absolute Gasteiger partial charge is 0.342 e. The maximum Gasteiger partial charge on any atom is 0.262 e. The first-order valence-electron chi connectivity index (χ1n) is 4.54. The number of hydrogen-bond donors (Lipinski definition) is 1. The van der Waals surface area contributed by atoms with Crippen LogP contribution in [-0.4, -0.2) is 18.2 Å². The van der Waals surface area contributed by atoms with Gasteiger partial charge in [0, 0.05) is 5.56 Å². The molecule has 1 amide bonds. The van der Waals surface area contributed by atoms with E-state index in [9.17, 15) is 22.4 Å². The molecule has 0 saturated heterocycles. The molecule has 2 nitrogen and oxygen atoms in total. The van der Waals surface area contributed by atoms with Gasteiger partial charge >= 0.3 is 0 Å². The summed E-state index contributed by atoms with van der Waals surface area (Å²) in [6, 6.07) is 0.204. The molecule has 0 heterocycles. The summed E-state index contributed by atoms with van der Waals surface area (Å²) in [7, 11) is 0. The fourth-order valence-electron chi connectivity index (χ4n) is 1.24. The summed E-state index contributed by atoms with van der Waals surface area (Å²) >= 11 is 5.13. The molecule has 1 atom stereocenters. The monoisotopic (exact) mass is 269 g/mol. The number of hydrogen-bond acceptors (Lipinski definition) is 1. The Morgan fingerprint density at radius 2 is 2.00 bits per heavy atom. The van der Waals surface area contributed by atoms with E-state index in [1.165, 1.54) is 0 Å². The van der Waals surface area contributed by atoms with Crippen molar-refractivity contribution in [1.82, 2.24) is 5.32 Å². The van der Waals surface area contributed by atoms with E-state index in [1.807, 2.05) is 5.32 Å². The molecule has 1 unspecified atom stereocenters. The smallest absolute Gasteiger partial charge is 0.262 e. The minimum atomic E-state index is -3.07. The minimum absolute atomic E-state index is 0.542. The van der Waals surface area contributed by atoms with Gasteiger partial charge in [-0.2, -0.15) is 0 Å². The zero-order valence-corrected chi connectivity index (χ0v) is 9.15. The van der Waals surface area contributed by atoms with Crippen LogP contribution in [0.4, 0.5) is 17.6 Å². The minimum Gasteiger partial charge on any atom is -0.342 e. The highest BCUT2D eigenvalue weighted by molar-refractivity contribution is 6.27. The van der Waals surface area contributed by atoms with Gasteiger partial charge < -0.3 is 5.32 Å². The zero-order chi connectivity index (χ0) is 13.0. The molecule has 0 fully saturated rings. The van der Waals surface area contributed by atoms with Crippen molar-refractivity contribution in [2.24, 2.45) is 0 Å². The third kappa shape index (κ3) is 3.59. The molecule has 0 aliphatic carbocycles. The molecule has 0 radical (unpaired) electrons. The second-order valence-electron chi connectivity index (χ2n) is 3.18. The third-order valence-electron chi connectivity index (χ3n) is 1.98. The quantitative estimate of drug-likeness (QED) is 0.661. The van der Waals surface area contributed by atoms with E-state index >= 15 is 0 Å². The van der Waals surface area contributed by atoms with Crippen LogP contribution in [-0.2, 0) is 4.79 Å². The highest BCUT2D eigenvalue weighted by Gasteiger charge is 2.27. The van der Waals surface area contributed by atoms with E-state index in [2.05, 4.69) is 0 Å². The summed E-state index contributed by atoms with van der Waals surface area (Å²) < 4.78 is 51.4. The van der Waals surface area contributed by atoms with Crippen molar-refractivity contribution < 1.29 is 22.4 Å². The number of amides is 1. The number of carbonyl (C=O) groups is 1. The van der Waals surface area contributed by atoms with Gasteiger partial charge in [-0.3, -0.25) is 4.79 Å². The van der Waals surface area contributed by atoms with Crippen LogP contribution in [0.5, 0.6) is 0 Å². The maximum atomic E-state index is 13.3.